The molecule has 1 amide bonds. The first-order valence-corrected chi connectivity index (χ1v) is 14.3. The quantitative estimate of drug-likeness (QED) is 0.386. The molecule has 40 heavy (non-hydrogen) atoms. The molecule has 0 spiro atoms. The predicted octanol–water partition coefficient (Wildman–Crippen LogP) is 4.53. The molecule has 2 N–H and O–H groups in total. The van der Waals surface area contributed by atoms with Crippen molar-refractivity contribution < 1.29 is 23.9 Å². The Bertz CT molecular complexity index is 1220. The summed E-state index contributed by atoms with van der Waals surface area (Å²) in [4.78, 5) is 45.2. The molecule has 0 aromatic heterocycles. The molecule has 8 nitrogen and oxygen atoms in total. The molecule has 3 atom stereocenters. The molecular formula is C31H40ClN3O5. The monoisotopic (exact) mass is 569 g/mol. The first-order chi connectivity index (χ1) is 18.9. The van der Waals surface area contributed by atoms with Crippen LogP contribution in [0.5, 0.6) is 5.75 Å². The van der Waals surface area contributed by atoms with E-state index in [1.165, 1.54) is 5.56 Å². The highest BCUT2D eigenvalue weighted by molar-refractivity contribution is 6.30. The van der Waals surface area contributed by atoms with Gasteiger partial charge in [-0.1, -0.05) is 55.8 Å². The molecule has 1 saturated heterocycles. The summed E-state index contributed by atoms with van der Waals surface area (Å²) in [7, 11) is 0. The molecule has 2 aromatic rings. The maximum atomic E-state index is 14.2. The van der Waals surface area contributed by atoms with Gasteiger partial charge in [0.1, 0.15) is 17.4 Å². The molecule has 3 unspecified atom stereocenters. The van der Waals surface area contributed by atoms with Gasteiger partial charge >= 0.3 is 5.97 Å². The lowest BCUT2D eigenvalue weighted by atomic mass is 9.91. The smallest absolute Gasteiger partial charge is 0.331 e. The van der Waals surface area contributed by atoms with E-state index in [2.05, 4.69) is 17.0 Å². The Kier molecular flexibility index (Phi) is 9.22. The number of ketones is 1. The third-order valence-corrected chi connectivity index (χ3v) is 7.57. The van der Waals surface area contributed by atoms with Crippen molar-refractivity contribution in [3.63, 3.8) is 0 Å². The van der Waals surface area contributed by atoms with E-state index in [1.807, 2.05) is 32.0 Å². The number of esters is 1. The van der Waals surface area contributed by atoms with Gasteiger partial charge in [0.25, 0.3) is 5.91 Å². The zero-order valence-electron chi connectivity index (χ0n) is 23.9. The van der Waals surface area contributed by atoms with Gasteiger partial charge in [0.2, 0.25) is 0 Å². The average Bonchev–Trinajstić information content (AvgIpc) is 3.02. The van der Waals surface area contributed by atoms with E-state index >= 15 is 0 Å². The average molecular weight is 570 g/mol. The van der Waals surface area contributed by atoms with E-state index < -0.39 is 35.5 Å². The number of benzene rings is 2. The number of nitrogens with two attached hydrogens (primary N) is 1. The number of amides is 1. The highest BCUT2D eigenvalue weighted by atomic mass is 35.5. The Morgan fingerprint density at radius 1 is 1.10 bits per heavy atom. The first-order valence-electron chi connectivity index (χ1n) is 13.9. The molecule has 2 aliphatic heterocycles. The van der Waals surface area contributed by atoms with Crippen LogP contribution in [-0.2, 0) is 25.7 Å². The summed E-state index contributed by atoms with van der Waals surface area (Å²) >= 11 is 6.39. The van der Waals surface area contributed by atoms with Crippen LogP contribution < -0.4 is 10.5 Å². The Hall–Kier alpha value is -2.94. The second-order valence-electron chi connectivity index (χ2n) is 12.0. The fourth-order valence-corrected chi connectivity index (χ4v) is 5.58. The van der Waals surface area contributed by atoms with Crippen molar-refractivity contribution in [1.82, 2.24) is 9.80 Å². The van der Waals surface area contributed by atoms with Crippen LogP contribution in [0, 0.1) is 5.92 Å². The lowest BCUT2D eigenvalue weighted by molar-refractivity contribution is -0.161. The van der Waals surface area contributed by atoms with Crippen LogP contribution in [0.15, 0.2) is 48.5 Å². The number of Topliss-reactive ketones (excluding diaryl/α,β-unsaturated/α-hetero) is 1. The zero-order chi connectivity index (χ0) is 29.2. The summed E-state index contributed by atoms with van der Waals surface area (Å²) in [5.41, 5.74) is 7.07. The Balaban J connectivity index is 1.70. The van der Waals surface area contributed by atoms with Crippen LogP contribution in [0.2, 0.25) is 5.02 Å². The Labute approximate surface area is 241 Å². The molecule has 2 aromatic carbocycles. The Morgan fingerprint density at radius 3 is 2.35 bits per heavy atom. The van der Waals surface area contributed by atoms with Crippen molar-refractivity contribution >= 4 is 29.3 Å². The van der Waals surface area contributed by atoms with Crippen LogP contribution in [0.1, 0.15) is 64.6 Å². The lowest BCUT2D eigenvalue weighted by Crippen LogP contribution is -2.56. The van der Waals surface area contributed by atoms with E-state index in [0.29, 0.717) is 29.2 Å². The van der Waals surface area contributed by atoms with Gasteiger partial charge < -0.3 is 20.1 Å². The molecular weight excluding hydrogens is 530 g/mol. The van der Waals surface area contributed by atoms with E-state index in [4.69, 9.17) is 26.8 Å². The van der Waals surface area contributed by atoms with Gasteiger partial charge in [0, 0.05) is 36.3 Å². The minimum atomic E-state index is -1.58. The number of fused-ring (bicyclic) bond motifs is 1. The lowest BCUT2D eigenvalue weighted by Gasteiger charge is -2.42. The van der Waals surface area contributed by atoms with Crippen molar-refractivity contribution in [1.29, 1.82) is 0 Å². The number of likely N-dealkylation sites (tertiary alicyclic amines) is 1. The van der Waals surface area contributed by atoms with Gasteiger partial charge in [-0.15, -0.1) is 0 Å². The molecule has 4 rings (SSSR count). The van der Waals surface area contributed by atoms with Crippen molar-refractivity contribution in [2.24, 2.45) is 11.7 Å². The van der Waals surface area contributed by atoms with Crippen LogP contribution in [-0.4, -0.2) is 64.3 Å². The van der Waals surface area contributed by atoms with E-state index in [1.54, 1.807) is 43.9 Å². The summed E-state index contributed by atoms with van der Waals surface area (Å²) in [5.74, 6) is -1.53. The van der Waals surface area contributed by atoms with E-state index in [9.17, 15) is 14.4 Å². The highest BCUT2D eigenvalue weighted by Gasteiger charge is 2.48. The third kappa shape index (κ3) is 6.85. The number of carbonyl (C=O) groups is 3. The maximum absolute atomic E-state index is 14.2. The zero-order valence-corrected chi connectivity index (χ0v) is 24.7. The first kappa shape index (κ1) is 30.0. The molecule has 1 fully saturated rings. The number of rotatable bonds is 7. The molecule has 0 aliphatic carbocycles. The molecule has 216 valence electrons. The number of carbonyl (C=O) groups excluding carboxylic acids is 3. The van der Waals surface area contributed by atoms with Gasteiger partial charge in [-0.2, -0.15) is 0 Å². The summed E-state index contributed by atoms with van der Waals surface area (Å²) in [5, 5.41) is 0.388. The number of piperidine rings is 1. The predicted molar refractivity (Wildman–Crippen MR) is 154 cm³/mol. The fraction of sp³-hybridized carbons (Fsp3) is 0.516. The maximum Gasteiger partial charge on any atom is 0.331 e. The molecule has 0 saturated carbocycles. The highest BCUT2D eigenvalue weighted by Crippen LogP contribution is 2.41. The minimum Gasteiger partial charge on any atom is -0.480 e. The van der Waals surface area contributed by atoms with E-state index in [0.717, 1.165) is 19.6 Å². The van der Waals surface area contributed by atoms with Gasteiger partial charge in [-0.25, -0.2) is 4.79 Å². The largest absolute Gasteiger partial charge is 0.480 e. The van der Waals surface area contributed by atoms with Crippen LogP contribution in [0.4, 0.5) is 0 Å². The number of hydrogen-bond acceptors (Lipinski definition) is 7. The summed E-state index contributed by atoms with van der Waals surface area (Å²) < 4.78 is 11.7. The Morgan fingerprint density at radius 2 is 1.75 bits per heavy atom. The van der Waals surface area contributed by atoms with Gasteiger partial charge in [-0.05, 0) is 63.3 Å². The molecule has 0 radical (unpaired) electrons. The standard InChI is InChI=1S/C31H40ClN3O5/c1-19(2)28-29(37)35(22-13-15-34(16-14-22)18-20-9-7-6-8-10-20)26(23-17-21(32)11-12-24(23)39-28)27(36)25(33)30(38)40-31(3,4)5/h6-12,17,19,22,25-26,28H,13-16,18,33H2,1-5H3. The topological polar surface area (TPSA) is 102 Å². The molecule has 2 aliphatic rings. The summed E-state index contributed by atoms with van der Waals surface area (Å²) in [6, 6.07) is 12.2. The van der Waals surface area contributed by atoms with Gasteiger partial charge in [-0.3, -0.25) is 14.5 Å². The summed E-state index contributed by atoms with van der Waals surface area (Å²) in [6.07, 6.45) is 0.507. The SMILES string of the molecule is CC(C)C1Oc2ccc(Cl)cc2C(C(=O)C(N)C(=O)OC(C)(C)C)N(C2CCN(Cc3ccccc3)CC2)C1=O. The number of halogens is 1. The van der Waals surface area contributed by atoms with E-state index in [-0.39, 0.29) is 17.9 Å². The number of ether oxygens (including phenoxy) is 2. The van der Waals surface area contributed by atoms with Crippen molar-refractivity contribution in [3.8, 4) is 5.75 Å². The fourth-order valence-electron chi connectivity index (χ4n) is 5.40. The van der Waals surface area contributed by atoms with Crippen molar-refractivity contribution in [3.05, 3.63) is 64.7 Å². The molecule has 0 bridgehead atoms. The van der Waals surface area contributed by atoms with Crippen LogP contribution >= 0.6 is 11.6 Å². The summed E-state index contributed by atoms with van der Waals surface area (Å²) in [6.45, 7) is 11.3. The van der Waals surface area contributed by atoms with Crippen molar-refractivity contribution in [2.45, 2.75) is 83.8 Å². The molecule has 9 heteroatoms. The van der Waals surface area contributed by atoms with Gasteiger partial charge in [0.05, 0.1) is 0 Å². The minimum absolute atomic E-state index is 0.162. The third-order valence-electron chi connectivity index (χ3n) is 7.34. The molecule has 2 heterocycles. The van der Waals surface area contributed by atoms with Crippen LogP contribution in [0.25, 0.3) is 0 Å². The van der Waals surface area contributed by atoms with Gasteiger partial charge in [0.15, 0.2) is 17.9 Å². The van der Waals surface area contributed by atoms with Crippen molar-refractivity contribution in [2.75, 3.05) is 13.1 Å². The number of nitrogens with zero attached hydrogens (tertiary/aromatic N) is 2. The second kappa shape index (κ2) is 12.3. The van der Waals surface area contributed by atoms with Crippen LogP contribution in [0.3, 0.4) is 0 Å². The second-order valence-corrected chi connectivity index (χ2v) is 12.5. The normalized spacial score (nSPS) is 21.4. The number of hydrogen-bond donors (Lipinski definition) is 1.